The minimum absolute atomic E-state index is 0.192. The molecule has 0 aliphatic rings. The Morgan fingerprint density at radius 2 is 1.81 bits per heavy atom. The summed E-state index contributed by atoms with van der Waals surface area (Å²) in [7, 11) is 0. The normalized spacial score (nSPS) is 11.0. The first-order chi connectivity index (χ1) is 12.5. The number of phenolic OH excluding ortho intramolecular Hbond substituents is 1. The average molecular weight is 365 g/mol. The van der Waals surface area contributed by atoms with Crippen molar-refractivity contribution in [2.45, 2.75) is 6.92 Å². The molecule has 2 aromatic carbocycles. The maximum atomic E-state index is 9.41. The fourth-order valence-electron chi connectivity index (χ4n) is 2.52. The summed E-state index contributed by atoms with van der Waals surface area (Å²) in [6.07, 6.45) is 0. The Balaban J connectivity index is 1.72. The number of thiazole rings is 1. The van der Waals surface area contributed by atoms with Crippen molar-refractivity contribution in [2.24, 2.45) is 0 Å². The monoisotopic (exact) mass is 365 g/mol. The summed E-state index contributed by atoms with van der Waals surface area (Å²) in [5.41, 5.74) is 15.2. The molecular formula is C18H15N5O2S. The van der Waals surface area contributed by atoms with Crippen LogP contribution in [0.5, 0.6) is 5.75 Å². The van der Waals surface area contributed by atoms with Crippen molar-refractivity contribution in [2.75, 3.05) is 11.5 Å². The highest BCUT2D eigenvalue weighted by molar-refractivity contribution is 7.18. The average Bonchev–Trinajstić information content (AvgIpc) is 3.24. The number of aryl methyl sites for hydroxylation is 1. The maximum Gasteiger partial charge on any atom is 0.272 e. The van der Waals surface area contributed by atoms with Crippen LogP contribution >= 0.6 is 11.3 Å². The number of nitrogen functional groups attached to an aromatic ring is 2. The van der Waals surface area contributed by atoms with E-state index in [-0.39, 0.29) is 5.75 Å². The molecule has 26 heavy (non-hydrogen) atoms. The number of aromatic nitrogens is 3. The Labute approximate surface area is 152 Å². The van der Waals surface area contributed by atoms with Gasteiger partial charge in [0.15, 0.2) is 0 Å². The van der Waals surface area contributed by atoms with E-state index in [9.17, 15) is 5.11 Å². The molecule has 0 atom stereocenters. The number of benzene rings is 2. The van der Waals surface area contributed by atoms with Gasteiger partial charge in [-0.15, -0.1) is 11.3 Å². The molecule has 2 aromatic heterocycles. The zero-order valence-electron chi connectivity index (χ0n) is 13.8. The minimum Gasteiger partial charge on any atom is -0.508 e. The van der Waals surface area contributed by atoms with E-state index in [0.717, 1.165) is 16.7 Å². The Morgan fingerprint density at radius 3 is 2.58 bits per heavy atom. The first-order valence-corrected chi connectivity index (χ1v) is 8.59. The highest BCUT2D eigenvalue weighted by atomic mass is 32.1. The summed E-state index contributed by atoms with van der Waals surface area (Å²) < 4.78 is 5.40. The van der Waals surface area contributed by atoms with Gasteiger partial charge in [-0.1, -0.05) is 11.2 Å². The molecule has 2 heterocycles. The molecule has 0 saturated carbocycles. The molecule has 0 amide bonds. The van der Waals surface area contributed by atoms with Crippen molar-refractivity contribution in [3.8, 4) is 38.5 Å². The Morgan fingerprint density at radius 1 is 1.04 bits per heavy atom. The molecule has 0 aliphatic carbocycles. The summed E-state index contributed by atoms with van der Waals surface area (Å²) in [6, 6.07) is 12.3. The standard InChI is InChI=1S/C18H15N5O2S/c1-9-2-5-11(19)8-13(9)16-22-17(25-23-16)14-15(20)21-18(26-14)10-3-6-12(24)7-4-10/h2-8,24H,19-20H2,1H3. The van der Waals surface area contributed by atoms with Gasteiger partial charge in [0.2, 0.25) is 5.82 Å². The van der Waals surface area contributed by atoms with E-state index in [1.165, 1.54) is 11.3 Å². The summed E-state index contributed by atoms with van der Waals surface area (Å²) in [6.45, 7) is 1.95. The van der Waals surface area contributed by atoms with Crippen LogP contribution in [0.15, 0.2) is 47.0 Å². The first kappa shape index (κ1) is 16.1. The van der Waals surface area contributed by atoms with E-state index in [1.54, 1.807) is 24.3 Å². The summed E-state index contributed by atoms with van der Waals surface area (Å²) >= 11 is 1.35. The van der Waals surface area contributed by atoms with Crippen LogP contribution in [0.3, 0.4) is 0 Å². The first-order valence-electron chi connectivity index (χ1n) is 7.77. The molecule has 5 N–H and O–H groups in total. The number of nitrogens with zero attached hydrogens (tertiary/aromatic N) is 3. The van der Waals surface area contributed by atoms with Gasteiger partial charge in [0.1, 0.15) is 21.5 Å². The van der Waals surface area contributed by atoms with Crippen LogP contribution in [0.1, 0.15) is 5.56 Å². The quantitative estimate of drug-likeness (QED) is 0.473. The zero-order chi connectivity index (χ0) is 18.3. The number of nitrogens with two attached hydrogens (primary N) is 2. The fraction of sp³-hybridized carbons (Fsp3) is 0.0556. The molecule has 0 spiro atoms. The number of aromatic hydroxyl groups is 1. The lowest BCUT2D eigenvalue weighted by molar-refractivity contribution is 0.433. The van der Waals surface area contributed by atoms with Crippen LogP contribution in [0, 0.1) is 6.92 Å². The van der Waals surface area contributed by atoms with Crippen molar-refractivity contribution in [1.29, 1.82) is 0 Å². The van der Waals surface area contributed by atoms with E-state index in [4.69, 9.17) is 16.0 Å². The lowest BCUT2D eigenvalue weighted by Crippen LogP contribution is -1.90. The smallest absolute Gasteiger partial charge is 0.272 e. The number of anilines is 2. The van der Waals surface area contributed by atoms with Gasteiger partial charge < -0.3 is 21.1 Å². The number of phenols is 1. The lowest BCUT2D eigenvalue weighted by Gasteiger charge is -2.01. The fourth-order valence-corrected chi connectivity index (χ4v) is 3.43. The molecule has 0 unspecified atom stereocenters. The Bertz CT molecular complexity index is 1090. The van der Waals surface area contributed by atoms with Gasteiger partial charge in [0.25, 0.3) is 5.89 Å². The molecule has 0 fully saturated rings. The van der Waals surface area contributed by atoms with Crippen molar-refractivity contribution < 1.29 is 9.63 Å². The van der Waals surface area contributed by atoms with E-state index in [1.807, 2.05) is 25.1 Å². The molecule has 0 radical (unpaired) electrons. The molecule has 7 nitrogen and oxygen atoms in total. The maximum absolute atomic E-state index is 9.41. The third-order valence-corrected chi connectivity index (χ3v) is 5.00. The Kier molecular flexibility index (Phi) is 3.81. The van der Waals surface area contributed by atoms with E-state index in [2.05, 4.69) is 15.1 Å². The van der Waals surface area contributed by atoms with Crippen LogP contribution in [0.25, 0.3) is 32.7 Å². The molecule has 4 aromatic rings. The summed E-state index contributed by atoms with van der Waals surface area (Å²) in [4.78, 5) is 9.42. The second-order valence-electron chi connectivity index (χ2n) is 5.78. The SMILES string of the molecule is Cc1ccc(N)cc1-c1noc(-c2sc(-c3ccc(O)cc3)nc2N)n1. The van der Waals surface area contributed by atoms with Crippen molar-refractivity contribution in [3.63, 3.8) is 0 Å². The molecule has 4 rings (SSSR count). The van der Waals surface area contributed by atoms with Gasteiger partial charge in [0.05, 0.1) is 0 Å². The zero-order valence-corrected chi connectivity index (χ0v) is 14.6. The minimum atomic E-state index is 0.192. The van der Waals surface area contributed by atoms with Crippen molar-refractivity contribution in [3.05, 3.63) is 48.0 Å². The van der Waals surface area contributed by atoms with Gasteiger partial charge >= 0.3 is 0 Å². The molecule has 8 heteroatoms. The van der Waals surface area contributed by atoms with Crippen molar-refractivity contribution in [1.82, 2.24) is 15.1 Å². The number of hydrogen-bond donors (Lipinski definition) is 3. The topological polar surface area (TPSA) is 124 Å². The second-order valence-corrected chi connectivity index (χ2v) is 6.78. The molecule has 130 valence electrons. The van der Waals surface area contributed by atoms with Gasteiger partial charge in [-0.25, -0.2) is 4.98 Å². The van der Waals surface area contributed by atoms with Gasteiger partial charge in [-0.05, 0) is 48.9 Å². The Hall–Kier alpha value is -3.39. The lowest BCUT2D eigenvalue weighted by atomic mass is 10.1. The third kappa shape index (κ3) is 2.86. The summed E-state index contributed by atoms with van der Waals surface area (Å²) in [5, 5.41) is 14.2. The van der Waals surface area contributed by atoms with Crippen LogP contribution in [0.4, 0.5) is 11.5 Å². The summed E-state index contributed by atoms with van der Waals surface area (Å²) in [5.74, 6) is 1.26. The van der Waals surface area contributed by atoms with Crippen LogP contribution in [-0.4, -0.2) is 20.2 Å². The van der Waals surface area contributed by atoms with Gasteiger partial charge in [0, 0.05) is 16.8 Å². The van der Waals surface area contributed by atoms with E-state index < -0.39 is 0 Å². The molecule has 0 saturated heterocycles. The predicted molar refractivity (Wildman–Crippen MR) is 102 cm³/mol. The molecular weight excluding hydrogens is 350 g/mol. The van der Waals surface area contributed by atoms with E-state index >= 15 is 0 Å². The van der Waals surface area contributed by atoms with Crippen LogP contribution in [0.2, 0.25) is 0 Å². The van der Waals surface area contributed by atoms with E-state index in [0.29, 0.717) is 33.1 Å². The van der Waals surface area contributed by atoms with Crippen LogP contribution < -0.4 is 11.5 Å². The highest BCUT2D eigenvalue weighted by Crippen LogP contribution is 2.37. The number of rotatable bonds is 3. The third-order valence-electron chi connectivity index (χ3n) is 3.89. The molecule has 0 bridgehead atoms. The van der Waals surface area contributed by atoms with Crippen LogP contribution in [-0.2, 0) is 0 Å². The van der Waals surface area contributed by atoms with Crippen molar-refractivity contribution >= 4 is 22.8 Å². The second kappa shape index (κ2) is 6.16. The number of hydrogen-bond acceptors (Lipinski definition) is 8. The van der Waals surface area contributed by atoms with Gasteiger partial charge in [-0.3, -0.25) is 0 Å². The highest BCUT2D eigenvalue weighted by Gasteiger charge is 2.19. The largest absolute Gasteiger partial charge is 0.508 e. The molecule has 0 aliphatic heterocycles. The predicted octanol–water partition coefficient (Wildman–Crippen LogP) is 3.71. The van der Waals surface area contributed by atoms with Gasteiger partial charge in [-0.2, -0.15) is 4.98 Å².